The maximum Gasteiger partial charge on any atom is 0.251 e. The lowest BCUT2D eigenvalue weighted by Crippen LogP contribution is -2.50. The molecule has 0 aliphatic carbocycles. The number of hydrogen-bond acceptors (Lipinski definition) is 4. The standard InChI is InChI=1S/C24H25N3O3/c1-25-23(28)13-22(21-11-5-7-16-6-2-3-10-20(16)21)27-24(29)17-8-4-9-18(12-17)30-19-14-26-15-19/h2-12,19,22,26H,13-15H2,1H3,(H,25,28)(H,27,29). The molecule has 1 heterocycles. The Morgan fingerprint density at radius 1 is 1.07 bits per heavy atom. The van der Waals surface area contributed by atoms with Crippen LogP contribution in [0.4, 0.5) is 0 Å². The van der Waals surface area contributed by atoms with Gasteiger partial charge in [0.05, 0.1) is 12.5 Å². The van der Waals surface area contributed by atoms with E-state index in [2.05, 4.69) is 16.0 Å². The van der Waals surface area contributed by atoms with Crippen LogP contribution in [0.3, 0.4) is 0 Å². The molecule has 0 spiro atoms. The highest BCUT2D eigenvalue weighted by molar-refractivity contribution is 5.96. The number of hydrogen-bond donors (Lipinski definition) is 3. The van der Waals surface area contributed by atoms with Crippen LogP contribution < -0.4 is 20.7 Å². The van der Waals surface area contributed by atoms with Gasteiger partial charge in [-0.2, -0.15) is 0 Å². The highest BCUT2D eigenvalue weighted by Gasteiger charge is 2.22. The summed E-state index contributed by atoms with van der Waals surface area (Å²) in [5, 5.41) is 10.9. The average Bonchev–Trinajstić information content (AvgIpc) is 2.75. The average molecular weight is 403 g/mol. The molecule has 1 atom stereocenters. The molecular formula is C24H25N3O3. The van der Waals surface area contributed by atoms with Crippen LogP contribution in [0.1, 0.15) is 28.4 Å². The molecule has 6 heteroatoms. The van der Waals surface area contributed by atoms with Gasteiger partial charge in [0.25, 0.3) is 5.91 Å². The first-order valence-electron chi connectivity index (χ1n) is 10.1. The lowest BCUT2D eigenvalue weighted by Gasteiger charge is -2.28. The molecule has 3 aromatic carbocycles. The van der Waals surface area contributed by atoms with Gasteiger partial charge in [0.1, 0.15) is 11.9 Å². The monoisotopic (exact) mass is 403 g/mol. The summed E-state index contributed by atoms with van der Waals surface area (Å²) < 4.78 is 5.86. The lowest BCUT2D eigenvalue weighted by atomic mass is 9.96. The quantitative estimate of drug-likeness (QED) is 0.567. The van der Waals surface area contributed by atoms with Crippen LogP contribution in [0.5, 0.6) is 5.75 Å². The Hall–Kier alpha value is -3.38. The minimum absolute atomic E-state index is 0.136. The molecule has 1 fully saturated rings. The molecule has 0 bridgehead atoms. The van der Waals surface area contributed by atoms with Crippen molar-refractivity contribution in [2.75, 3.05) is 20.1 Å². The van der Waals surface area contributed by atoms with Gasteiger partial charge in [0.2, 0.25) is 5.91 Å². The Morgan fingerprint density at radius 2 is 1.83 bits per heavy atom. The smallest absolute Gasteiger partial charge is 0.251 e. The van der Waals surface area contributed by atoms with E-state index in [9.17, 15) is 9.59 Å². The van der Waals surface area contributed by atoms with Gasteiger partial charge in [-0.3, -0.25) is 9.59 Å². The highest BCUT2D eigenvalue weighted by atomic mass is 16.5. The van der Waals surface area contributed by atoms with Crippen LogP contribution >= 0.6 is 0 Å². The summed E-state index contributed by atoms with van der Waals surface area (Å²) >= 11 is 0. The normalized spacial score (nSPS) is 14.6. The molecule has 0 aromatic heterocycles. The fourth-order valence-corrected chi connectivity index (χ4v) is 3.57. The van der Waals surface area contributed by atoms with Crippen molar-refractivity contribution in [3.63, 3.8) is 0 Å². The summed E-state index contributed by atoms with van der Waals surface area (Å²) in [7, 11) is 1.60. The molecule has 30 heavy (non-hydrogen) atoms. The number of carbonyl (C=O) groups is 2. The zero-order chi connectivity index (χ0) is 20.9. The SMILES string of the molecule is CNC(=O)CC(NC(=O)c1cccc(OC2CNC2)c1)c1cccc2ccccc12. The highest BCUT2D eigenvalue weighted by Crippen LogP contribution is 2.27. The van der Waals surface area contributed by atoms with E-state index >= 15 is 0 Å². The number of amides is 2. The summed E-state index contributed by atoms with van der Waals surface area (Å²) in [4.78, 5) is 25.2. The third-order valence-electron chi connectivity index (χ3n) is 5.32. The fourth-order valence-electron chi connectivity index (χ4n) is 3.57. The number of rotatable bonds is 7. The molecule has 3 N–H and O–H groups in total. The molecule has 2 amide bonds. The van der Waals surface area contributed by atoms with E-state index in [4.69, 9.17) is 4.74 Å². The molecule has 1 aliphatic heterocycles. The topological polar surface area (TPSA) is 79.5 Å². The first kappa shape index (κ1) is 19.9. The lowest BCUT2D eigenvalue weighted by molar-refractivity contribution is -0.121. The third kappa shape index (κ3) is 4.44. The summed E-state index contributed by atoms with van der Waals surface area (Å²) in [6.07, 6.45) is 0.292. The molecular weight excluding hydrogens is 378 g/mol. The zero-order valence-corrected chi connectivity index (χ0v) is 16.9. The van der Waals surface area contributed by atoms with Gasteiger partial charge in [-0.25, -0.2) is 0 Å². The molecule has 1 unspecified atom stereocenters. The minimum atomic E-state index is -0.455. The number of carbonyl (C=O) groups excluding carboxylic acids is 2. The van der Waals surface area contributed by atoms with E-state index in [1.165, 1.54) is 0 Å². The van der Waals surface area contributed by atoms with E-state index in [1.54, 1.807) is 19.2 Å². The summed E-state index contributed by atoms with van der Waals surface area (Å²) in [6, 6.07) is 20.6. The largest absolute Gasteiger partial charge is 0.488 e. The predicted octanol–water partition coefficient (Wildman–Crippen LogP) is 2.80. The van der Waals surface area contributed by atoms with Gasteiger partial charge in [0, 0.05) is 25.7 Å². The summed E-state index contributed by atoms with van der Waals surface area (Å²) in [5.74, 6) is 0.291. The second kappa shape index (κ2) is 8.97. The van der Waals surface area contributed by atoms with Crippen molar-refractivity contribution >= 4 is 22.6 Å². The molecule has 1 aliphatic rings. The van der Waals surface area contributed by atoms with Gasteiger partial charge in [-0.1, -0.05) is 48.5 Å². The number of nitrogens with one attached hydrogen (secondary N) is 3. The van der Waals surface area contributed by atoms with Crippen LogP contribution in [0.25, 0.3) is 10.8 Å². The van der Waals surface area contributed by atoms with Gasteiger partial charge < -0.3 is 20.7 Å². The Kier molecular flexibility index (Phi) is 5.95. The van der Waals surface area contributed by atoms with Gasteiger partial charge in [-0.05, 0) is 34.5 Å². The molecule has 4 rings (SSSR count). The van der Waals surface area contributed by atoms with Crippen LogP contribution in [0.2, 0.25) is 0 Å². The van der Waals surface area contributed by atoms with Crippen molar-refractivity contribution < 1.29 is 14.3 Å². The Morgan fingerprint density at radius 3 is 2.60 bits per heavy atom. The van der Waals surface area contributed by atoms with Gasteiger partial charge in [-0.15, -0.1) is 0 Å². The van der Waals surface area contributed by atoms with E-state index in [0.29, 0.717) is 11.3 Å². The Bertz CT molecular complexity index is 1060. The van der Waals surface area contributed by atoms with Crippen LogP contribution in [-0.2, 0) is 4.79 Å². The van der Waals surface area contributed by atoms with Crippen molar-refractivity contribution in [2.45, 2.75) is 18.6 Å². The van der Waals surface area contributed by atoms with Crippen molar-refractivity contribution in [3.8, 4) is 5.75 Å². The third-order valence-corrected chi connectivity index (χ3v) is 5.32. The second-order valence-electron chi connectivity index (χ2n) is 7.40. The van der Waals surface area contributed by atoms with E-state index in [0.717, 1.165) is 29.4 Å². The van der Waals surface area contributed by atoms with Crippen molar-refractivity contribution in [1.82, 2.24) is 16.0 Å². The molecule has 1 saturated heterocycles. The minimum Gasteiger partial charge on any atom is -0.488 e. The molecule has 154 valence electrons. The second-order valence-corrected chi connectivity index (χ2v) is 7.40. The first-order chi connectivity index (χ1) is 14.6. The first-order valence-corrected chi connectivity index (χ1v) is 10.1. The summed E-state index contributed by atoms with van der Waals surface area (Å²) in [5.41, 5.74) is 1.42. The molecule has 0 saturated carbocycles. The van der Waals surface area contributed by atoms with E-state index < -0.39 is 6.04 Å². The number of benzene rings is 3. The maximum absolute atomic E-state index is 13.0. The van der Waals surface area contributed by atoms with Gasteiger partial charge >= 0.3 is 0 Å². The van der Waals surface area contributed by atoms with Crippen molar-refractivity contribution in [1.29, 1.82) is 0 Å². The van der Waals surface area contributed by atoms with Crippen molar-refractivity contribution in [3.05, 3.63) is 77.9 Å². The fraction of sp³-hybridized carbons (Fsp3) is 0.250. The Balaban J connectivity index is 1.59. The number of fused-ring (bicyclic) bond motifs is 1. The predicted molar refractivity (Wildman–Crippen MR) is 117 cm³/mol. The molecule has 3 aromatic rings. The van der Waals surface area contributed by atoms with Crippen LogP contribution in [0, 0.1) is 0 Å². The van der Waals surface area contributed by atoms with Crippen LogP contribution in [-0.4, -0.2) is 38.1 Å². The van der Waals surface area contributed by atoms with Gasteiger partial charge in [0.15, 0.2) is 0 Å². The number of ether oxygens (including phenoxy) is 1. The van der Waals surface area contributed by atoms with Crippen LogP contribution in [0.15, 0.2) is 66.7 Å². The molecule has 0 radical (unpaired) electrons. The summed E-state index contributed by atoms with van der Waals surface area (Å²) in [6.45, 7) is 1.62. The maximum atomic E-state index is 13.0. The van der Waals surface area contributed by atoms with Crippen molar-refractivity contribution in [2.24, 2.45) is 0 Å². The Labute approximate surface area is 175 Å². The van der Waals surface area contributed by atoms with E-state index in [-0.39, 0.29) is 24.3 Å². The van der Waals surface area contributed by atoms with E-state index in [1.807, 2.05) is 54.6 Å². The molecule has 6 nitrogen and oxygen atoms in total. The zero-order valence-electron chi connectivity index (χ0n) is 16.9.